The van der Waals surface area contributed by atoms with Gasteiger partial charge in [-0.25, -0.2) is 4.98 Å². The molecule has 160 valence electrons. The lowest BCUT2D eigenvalue weighted by atomic mass is 10.2. The monoisotopic (exact) mass is 436 g/mol. The predicted molar refractivity (Wildman–Crippen MR) is 119 cm³/mol. The lowest BCUT2D eigenvalue weighted by Crippen LogP contribution is -2.20. The molecular weight excluding hydrogens is 412 g/mol. The Morgan fingerprint density at radius 3 is 2.90 bits per heavy atom. The Morgan fingerprint density at radius 1 is 1.39 bits per heavy atom. The van der Waals surface area contributed by atoms with Crippen molar-refractivity contribution in [1.82, 2.24) is 9.55 Å². The first-order chi connectivity index (χ1) is 15.0. The number of thiazole rings is 1. The van der Waals surface area contributed by atoms with Crippen LogP contribution in [-0.2, 0) is 16.1 Å². The molecule has 1 N–H and O–H groups in total. The minimum absolute atomic E-state index is 0.128. The number of nitrogens with one attached hydrogen (secondary N) is 1. The maximum absolute atomic E-state index is 12.2. The molecule has 0 aliphatic carbocycles. The van der Waals surface area contributed by atoms with Crippen LogP contribution in [0.5, 0.6) is 5.75 Å². The first-order valence-corrected chi connectivity index (χ1v) is 11.1. The maximum Gasteiger partial charge on any atom is 0.264 e. The molecule has 7 nitrogen and oxygen atoms in total. The van der Waals surface area contributed by atoms with Crippen LogP contribution in [0.4, 0.5) is 5.13 Å². The lowest BCUT2D eigenvalue weighted by Gasteiger charge is -2.14. The average molecular weight is 437 g/mol. The number of anilines is 1. The highest BCUT2D eigenvalue weighted by atomic mass is 32.1. The van der Waals surface area contributed by atoms with Crippen molar-refractivity contribution in [2.45, 2.75) is 39.3 Å². The minimum Gasteiger partial charge on any atom is -0.484 e. The van der Waals surface area contributed by atoms with Crippen LogP contribution in [0.2, 0.25) is 0 Å². The predicted octanol–water partition coefficient (Wildman–Crippen LogP) is 4.30. The molecule has 0 unspecified atom stereocenters. The summed E-state index contributed by atoms with van der Waals surface area (Å²) >= 11 is 1.39. The highest BCUT2D eigenvalue weighted by Crippen LogP contribution is 2.30. The first kappa shape index (κ1) is 21.1. The standard InChI is InChI=1S/C23H24N4O3S/c1-15-10-20(16(2)27(15)12-19-4-3-9-29-19)21-14-31-23(25-21)26-22(28)13-30-18-7-5-17(11-24)6-8-18/h5-8,10,14,19H,3-4,9,12-13H2,1-2H3,(H,25,26,28)/t19-/m0/s1. The van der Waals surface area contributed by atoms with Crippen molar-refractivity contribution in [2.24, 2.45) is 0 Å². The van der Waals surface area contributed by atoms with E-state index in [4.69, 9.17) is 14.7 Å². The lowest BCUT2D eigenvalue weighted by molar-refractivity contribution is -0.118. The molecule has 2 aromatic heterocycles. The van der Waals surface area contributed by atoms with E-state index in [1.807, 2.05) is 11.4 Å². The van der Waals surface area contributed by atoms with Gasteiger partial charge in [0.15, 0.2) is 11.7 Å². The van der Waals surface area contributed by atoms with Crippen molar-refractivity contribution in [2.75, 3.05) is 18.5 Å². The SMILES string of the molecule is Cc1cc(-c2csc(NC(=O)COc3ccc(C#N)cc3)n2)c(C)n1C[C@@H]1CCCO1. The Bertz CT molecular complexity index is 1110. The highest BCUT2D eigenvalue weighted by Gasteiger charge is 2.20. The maximum atomic E-state index is 12.2. The molecule has 3 aromatic rings. The van der Waals surface area contributed by atoms with E-state index in [1.165, 1.54) is 17.0 Å². The summed E-state index contributed by atoms with van der Waals surface area (Å²) in [6, 6.07) is 10.8. The Morgan fingerprint density at radius 2 is 2.19 bits per heavy atom. The number of benzene rings is 1. The van der Waals surface area contributed by atoms with E-state index in [9.17, 15) is 4.79 Å². The van der Waals surface area contributed by atoms with Gasteiger partial charge < -0.3 is 14.0 Å². The van der Waals surface area contributed by atoms with Crippen LogP contribution in [-0.4, -0.2) is 34.8 Å². The molecule has 1 aliphatic rings. The topological polar surface area (TPSA) is 89.2 Å². The number of nitriles is 1. The number of ether oxygens (including phenoxy) is 2. The van der Waals surface area contributed by atoms with Crippen molar-refractivity contribution in [1.29, 1.82) is 5.26 Å². The van der Waals surface area contributed by atoms with Gasteiger partial charge in [-0.05, 0) is 57.0 Å². The Balaban J connectivity index is 1.37. The van der Waals surface area contributed by atoms with Crippen LogP contribution in [0.1, 0.15) is 29.8 Å². The van der Waals surface area contributed by atoms with Crippen LogP contribution in [0, 0.1) is 25.2 Å². The number of aromatic nitrogens is 2. The zero-order chi connectivity index (χ0) is 21.8. The van der Waals surface area contributed by atoms with E-state index in [0.29, 0.717) is 16.4 Å². The summed E-state index contributed by atoms with van der Waals surface area (Å²) in [5, 5.41) is 14.1. The zero-order valence-electron chi connectivity index (χ0n) is 17.6. The van der Waals surface area contributed by atoms with Crippen molar-refractivity contribution in [3.05, 3.63) is 52.7 Å². The van der Waals surface area contributed by atoms with Gasteiger partial charge in [0.2, 0.25) is 0 Å². The second kappa shape index (κ2) is 9.33. The van der Waals surface area contributed by atoms with E-state index in [0.717, 1.165) is 42.9 Å². The molecule has 0 spiro atoms. The summed E-state index contributed by atoms with van der Waals surface area (Å²) in [7, 11) is 0. The number of rotatable bonds is 7. The molecular formula is C23H24N4O3S. The highest BCUT2D eigenvalue weighted by molar-refractivity contribution is 7.14. The third kappa shape index (κ3) is 4.95. The van der Waals surface area contributed by atoms with Crippen LogP contribution in [0.15, 0.2) is 35.7 Å². The van der Waals surface area contributed by atoms with Crippen LogP contribution in [0.3, 0.4) is 0 Å². The Kier molecular flexibility index (Phi) is 6.35. The largest absolute Gasteiger partial charge is 0.484 e. The fourth-order valence-electron chi connectivity index (χ4n) is 3.72. The van der Waals surface area contributed by atoms with Gasteiger partial charge in [-0.2, -0.15) is 5.26 Å². The fraction of sp³-hybridized carbons (Fsp3) is 0.348. The molecule has 0 bridgehead atoms. The normalized spacial score (nSPS) is 15.6. The van der Waals surface area contributed by atoms with E-state index >= 15 is 0 Å². The molecule has 4 rings (SSSR count). The number of amides is 1. The van der Waals surface area contributed by atoms with Crippen molar-refractivity contribution >= 4 is 22.4 Å². The van der Waals surface area contributed by atoms with Gasteiger partial charge in [-0.1, -0.05) is 0 Å². The number of nitrogens with zero attached hydrogens (tertiary/aromatic N) is 3. The molecule has 1 aliphatic heterocycles. The molecule has 1 aromatic carbocycles. The number of carbonyl (C=O) groups excluding carboxylic acids is 1. The van der Waals surface area contributed by atoms with Crippen LogP contribution >= 0.6 is 11.3 Å². The number of carbonyl (C=O) groups is 1. The van der Waals surface area contributed by atoms with Gasteiger partial charge in [0.1, 0.15) is 5.75 Å². The third-order valence-electron chi connectivity index (χ3n) is 5.36. The van der Waals surface area contributed by atoms with Gasteiger partial charge in [0, 0.05) is 35.5 Å². The summed E-state index contributed by atoms with van der Waals surface area (Å²) < 4.78 is 13.5. The summed E-state index contributed by atoms with van der Waals surface area (Å²) in [4.78, 5) is 16.8. The molecule has 3 heterocycles. The molecule has 1 fully saturated rings. The van der Waals surface area contributed by atoms with Crippen molar-refractivity contribution in [3.8, 4) is 23.1 Å². The smallest absolute Gasteiger partial charge is 0.264 e. The summed E-state index contributed by atoms with van der Waals surface area (Å²) in [5.74, 6) is 0.252. The van der Waals surface area contributed by atoms with Gasteiger partial charge in [0.25, 0.3) is 5.91 Å². The number of aryl methyl sites for hydroxylation is 1. The number of hydrogen-bond acceptors (Lipinski definition) is 6. The van der Waals surface area contributed by atoms with E-state index in [-0.39, 0.29) is 18.6 Å². The number of hydrogen-bond donors (Lipinski definition) is 1. The molecule has 8 heteroatoms. The van der Waals surface area contributed by atoms with Crippen molar-refractivity contribution < 1.29 is 14.3 Å². The quantitative estimate of drug-likeness (QED) is 0.597. The average Bonchev–Trinajstić information content (AvgIpc) is 3.51. The van der Waals surface area contributed by atoms with Gasteiger partial charge in [-0.3, -0.25) is 10.1 Å². The minimum atomic E-state index is -0.283. The van der Waals surface area contributed by atoms with E-state index < -0.39 is 0 Å². The zero-order valence-corrected chi connectivity index (χ0v) is 18.4. The van der Waals surface area contributed by atoms with Crippen LogP contribution < -0.4 is 10.1 Å². The molecule has 0 radical (unpaired) electrons. The van der Waals surface area contributed by atoms with Crippen molar-refractivity contribution in [3.63, 3.8) is 0 Å². The molecule has 31 heavy (non-hydrogen) atoms. The second-order valence-electron chi connectivity index (χ2n) is 7.54. The van der Waals surface area contributed by atoms with E-state index in [1.54, 1.807) is 24.3 Å². The summed E-state index contributed by atoms with van der Waals surface area (Å²) in [6.45, 7) is 5.77. The third-order valence-corrected chi connectivity index (χ3v) is 6.12. The second-order valence-corrected chi connectivity index (χ2v) is 8.40. The van der Waals surface area contributed by atoms with Gasteiger partial charge >= 0.3 is 0 Å². The van der Waals surface area contributed by atoms with Gasteiger partial charge in [0.05, 0.1) is 23.4 Å². The summed E-state index contributed by atoms with van der Waals surface area (Å²) in [5.41, 5.74) is 4.79. The first-order valence-electron chi connectivity index (χ1n) is 10.2. The molecule has 1 saturated heterocycles. The Labute approximate surface area is 185 Å². The summed E-state index contributed by atoms with van der Waals surface area (Å²) in [6.07, 6.45) is 2.50. The van der Waals surface area contributed by atoms with Gasteiger partial charge in [-0.15, -0.1) is 11.3 Å². The van der Waals surface area contributed by atoms with Crippen LogP contribution in [0.25, 0.3) is 11.3 Å². The Hall–Kier alpha value is -3.15. The van der Waals surface area contributed by atoms with E-state index in [2.05, 4.69) is 34.8 Å². The molecule has 1 atom stereocenters. The fourth-order valence-corrected chi connectivity index (χ4v) is 4.44. The molecule has 1 amide bonds. The molecule has 0 saturated carbocycles.